The molecule has 7 heteroatoms. The van der Waals surface area contributed by atoms with Gasteiger partial charge < -0.3 is 5.11 Å². The number of β-lactam (4-membered cyclic amide) rings is 1. The maximum atomic E-state index is 12.0. The molecule has 0 aliphatic carbocycles. The normalized spacial score (nSPS) is 22.2. The number of rotatable bonds is 2. The van der Waals surface area contributed by atoms with Crippen LogP contribution in [0.1, 0.15) is 13.8 Å². The van der Waals surface area contributed by atoms with E-state index in [1.807, 2.05) is 13.8 Å². The third-order valence-electron chi connectivity index (χ3n) is 2.82. The van der Waals surface area contributed by atoms with Crippen LogP contribution in [0, 0.1) is 0 Å². The largest absolute Gasteiger partial charge is 0.477 e. The molecule has 0 bridgehead atoms. The average Bonchev–Trinajstić information content (AvgIpc) is 2.26. The van der Waals surface area contributed by atoms with Gasteiger partial charge in [0.15, 0.2) is 0 Å². The van der Waals surface area contributed by atoms with Crippen LogP contribution in [-0.2, 0) is 9.59 Å². The van der Waals surface area contributed by atoms with E-state index in [-0.39, 0.29) is 29.4 Å². The molecule has 1 saturated heterocycles. The first-order valence-corrected chi connectivity index (χ1v) is 7.29. The van der Waals surface area contributed by atoms with Crippen LogP contribution in [0.5, 0.6) is 0 Å². The predicted octanol–water partition coefficient (Wildman–Crippen LogP) is 2.39. The molecule has 2 rings (SSSR count). The van der Waals surface area contributed by atoms with Crippen molar-refractivity contribution in [2.24, 2.45) is 0 Å². The highest BCUT2D eigenvalue weighted by Crippen LogP contribution is 2.44. The number of alkyl halides is 1. The number of carbonyl (C=O) groups is 2. The van der Waals surface area contributed by atoms with E-state index in [2.05, 4.69) is 15.9 Å². The van der Waals surface area contributed by atoms with Crippen LogP contribution in [0.2, 0.25) is 0 Å². The number of hydrogen-bond acceptors (Lipinski definition) is 3. The van der Waals surface area contributed by atoms with Gasteiger partial charge in [-0.1, -0.05) is 21.5 Å². The molecule has 18 heavy (non-hydrogen) atoms. The van der Waals surface area contributed by atoms with Crippen molar-refractivity contribution in [2.45, 2.75) is 19.2 Å². The number of carboxylic acid groups (broad SMARTS) is 1. The van der Waals surface area contributed by atoms with Gasteiger partial charge in [0, 0.05) is 16.7 Å². The van der Waals surface area contributed by atoms with E-state index in [4.69, 9.17) is 0 Å². The number of fused-ring (bicyclic) bond motifs is 1. The van der Waals surface area contributed by atoms with Crippen molar-refractivity contribution in [3.05, 3.63) is 22.4 Å². The van der Waals surface area contributed by atoms with Crippen molar-refractivity contribution < 1.29 is 14.7 Å². The van der Waals surface area contributed by atoms with Crippen LogP contribution in [0.25, 0.3) is 0 Å². The van der Waals surface area contributed by atoms with Gasteiger partial charge in [-0.2, -0.15) is 0 Å². The predicted molar refractivity (Wildman–Crippen MR) is 77.2 cm³/mol. The number of amides is 1. The Morgan fingerprint density at radius 3 is 2.61 bits per heavy atom. The maximum Gasteiger partial charge on any atom is 0.352 e. The Kier molecular flexibility index (Phi) is 4.91. The van der Waals surface area contributed by atoms with Gasteiger partial charge in [0.2, 0.25) is 0 Å². The summed E-state index contributed by atoms with van der Waals surface area (Å²) in [6.07, 6.45) is 0. The second-order valence-corrected chi connectivity index (χ2v) is 5.77. The standard InChI is InChI=1S/C11H12BrNO3S.ClH/c1-5(2)7-9(14)13-8(11(15)16)6(3-12)4-17-10(7)13;/h10H,3-4H2,1-2H3,(H,15,16);1H/t10-;/m1./s1. The van der Waals surface area contributed by atoms with E-state index in [1.54, 1.807) is 11.8 Å². The molecular formula is C11H13BrClNO3S. The van der Waals surface area contributed by atoms with Gasteiger partial charge >= 0.3 is 5.97 Å². The number of carboxylic acids is 1. The summed E-state index contributed by atoms with van der Waals surface area (Å²) in [5.41, 5.74) is 2.64. The SMILES string of the molecule is CC(C)=C1C(=O)N2C(C(=O)O)=C(CBr)CS[C@H]12.Cl. The van der Waals surface area contributed by atoms with Gasteiger partial charge in [-0.25, -0.2) is 4.79 Å². The van der Waals surface area contributed by atoms with Crippen molar-refractivity contribution >= 4 is 52.0 Å². The minimum absolute atomic E-state index is 0. The van der Waals surface area contributed by atoms with E-state index in [9.17, 15) is 14.7 Å². The van der Waals surface area contributed by atoms with E-state index < -0.39 is 5.97 Å². The van der Waals surface area contributed by atoms with Crippen LogP contribution < -0.4 is 0 Å². The molecule has 4 nitrogen and oxygen atoms in total. The fourth-order valence-electron chi connectivity index (χ4n) is 2.02. The molecule has 1 atom stereocenters. The summed E-state index contributed by atoms with van der Waals surface area (Å²) < 4.78 is 0. The Labute approximate surface area is 124 Å². The van der Waals surface area contributed by atoms with E-state index in [0.29, 0.717) is 11.1 Å². The number of hydrogen-bond donors (Lipinski definition) is 1. The van der Waals surface area contributed by atoms with Crippen LogP contribution in [0.3, 0.4) is 0 Å². The summed E-state index contributed by atoms with van der Waals surface area (Å²) >= 11 is 4.87. The zero-order valence-corrected chi connectivity index (χ0v) is 13.1. The molecule has 100 valence electrons. The van der Waals surface area contributed by atoms with Crippen molar-refractivity contribution in [1.29, 1.82) is 0 Å². The summed E-state index contributed by atoms with van der Waals surface area (Å²) in [4.78, 5) is 24.6. The Hall–Kier alpha value is -0.460. The number of nitrogens with zero attached hydrogens (tertiary/aromatic N) is 1. The number of allylic oxidation sites excluding steroid dienone is 1. The van der Waals surface area contributed by atoms with E-state index in [0.717, 1.165) is 16.7 Å². The lowest BCUT2D eigenvalue weighted by Gasteiger charge is -2.46. The minimum Gasteiger partial charge on any atom is -0.477 e. The summed E-state index contributed by atoms with van der Waals surface area (Å²) in [5.74, 6) is -0.540. The van der Waals surface area contributed by atoms with Gasteiger partial charge in [-0.3, -0.25) is 9.69 Å². The van der Waals surface area contributed by atoms with Gasteiger partial charge in [-0.15, -0.1) is 24.2 Å². The second-order valence-electron chi connectivity index (χ2n) is 4.14. The third kappa shape index (κ3) is 2.21. The zero-order valence-electron chi connectivity index (χ0n) is 9.90. The highest BCUT2D eigenvalue weighted by atomic mass is 79.9. The Balaban J connectivity index is 0.00000162. The van der Waals surface area contributed by atoms with Crippen LogP contribution in [0.15, 0.2) is 22.4 Å². The second kappa shape index (κ2) is 5.67. The molecule has 2 heterocycles. The van der Waals surface area contributed by atoms with Gasteiger partial charge in [0.1, 0.15) is 11.1 Å². The molecular weight excluding hydrogens is 342 g/mol. The number of halogens is 2. The number of carbonyl (C=O) groups excluding carboxylic acids is 1. The average molecular weight is 355 g/mol. The topological polar surface area (TPSA) is 57.6 Å². The lowest BCUT2D eigenvalue weighted by molar-refractivity contribution is -0.141. The molecule has 2 aliphatic heterocycles. The van der Waals surface area contributed by atoms with E-state index >= 15 is 0 Å². The van der Waals surface area contributed by atoms with Gasteiger partial charge in [-0.05, 0) is 19.4 Å². The maximum absolute atomic E-state index is 12.0. The van der Waals surface area contributed by atoms with Crippen molar-refractivity contribution in [3.63, 3.8) is 0 Å². The van der Waals surface area contributed by atoms with Crippen molar-refractivity contribution in [1.82, 2.24) is 4.90 Å². The molecule has 0 saturated carbocycles. The summed E-state index contributed by atoms with van der Waals surface area (Å²) in [7, 11) is 0. The molecule has 1 fully saturated rings. The summed E-state index contributed by atoms with van der Waals surface area (Å²) in [6.45, 7) is 3.77. The first kappa shape index (κ1) is 15.6. The van der Waals surface area contributed by atoms with Crippen molar-refractivity contribution in [3.8, 4) is 0 Å². The third-order valence-corrected chi connectivity index (χ3v) is 4.78. The first-order valence-electron chi connectivity index (χ1n) is 5.12. The molecule has 0 radical (unpaired) electrons. The lowest BCUT2D eigenvalue weighted by Crippen LogP contribution is -2.56. The number of aliphatic carboxylic acids is 1. The summed E-state index contributed by atoms with van der Waals surface area (Å²) in [5, 5.41) is 9.59. The molecule has 0 unspecified atom stereocenters. The highest BCUT2D eigenvalue weighted by Gasteiger charge is 2.49. The minimum atomic E-state index is -1.02. The molecule has 2 aliphatic rings. The van der Waals surface area contributed by atoms with Crippen LogP contribution in [-0.4, -0.2) is 38.3 Å². The fourth-order valence-corrected chi connectivity index (χ4v) is 4.19. The highest BCUT2D eigenvalue weighted by molar-refractivity contribution is 9.09. The van der Waals surface area contributed by atoms with Crippen LogP contribution >= 0.6 is 40.1 Å². The first-order chi connectivity index (χ1) is 7.99. The van der Waals surface area contributed by atoms with E-state index in [1.165, 1.54) is 4.90 Å². The zero-order chi connectivity index (χ0) is 12.7. The Morgan fingerprint density at radius 2 is 2.17 bits per heavy atom. The lowest BCUT2D eigenvalue weighted by atomic mass is 9.98. The Morgan fingerprint density at radius 1 is 1.56 bits per heavy atom. The quantitative estimate of drug-likeness (QED) is 0.470. The smallest absolute Gasteiger partial charge is 0.352 e. The molecule has 1 N–H and O–H groups in total. The number of thioether (sulfide) groups is 1. The molecule has 1 amide bonds. The molecule has 0 aromatic rings. The fraction of sp³-hybridized carbons (Fsp3) is 0.455. The molecule has 0 aromatic carbocycles. The van der Waals surface area contributed by atoms with Gasteiger partial charge in [0.25, 0.3) is 5.91 Å². The van der Waals surface area contributed by atoms with Crippen LogP contribution in [0.4, 0.5) is 0 Å². The van der Waals surface area contributed by atoms with Crippen molar-refractivity contribution in [2.75, 3.05) is 11.1 Å². The van der Waals surface area contributed by atoms with Gasteiger partial charge in [0.05, 0.1) is 0 Å². The monoisotopic (exact) mass is 353 g/mol. The molecule has 0 aromatic heterocycles. The summed E-state index contributed by atoms with van der Waals surface area (Å²) in [6, 6.07) is 0. The Bertz CT molecular complexity index is 471. The molecule has 0 spiro atoms.